The van der Waals surface area contributed by atoms with Gasteiger partial charge in [0.25, 0.3) is 0 Å². The van der Waals surface area contributed by atoms with E-state index in [1.54, 1.807) is 0 Å². The summed E-state index contributed by atoms with van der Waals surface area (Å²) in [4.78, 5) is 14.7. The van der Waals surface area contributed by atoms with E-state index < -0.39 is 22.5 Å². The third kappa shape index (κ3) is 3.45. The van der Waals surface area contributed by atoms with Gasteiger partial charge >= 0.3 is 0 Å². The number of methoxy groups -OCH3 is 1. The number of ketones is 1. The van der Waals surface area contributed by atoms with Gasteiger partial charge in [-0.1, -0.05) is 73.7 Å². The van der Waals surface area contributed by atoms with Gasteiger partial charge in [-0.05, 0) is 94.9 Å². The first-order valence-electron chi connectivity index (χ1n) is 16.1. The Morgan fingerprint density at radius 3 is 2.65 bits per heavy atom. The zero-order chi connectivity index (χ0) is 29.9. The summed E-state index contributed by atoms with van der Waals surface area (Å²) >= 11 is 0. The highest BCUT2D eigenvalue weighted by Crippen LogP contribution is 2.74. The molecule has 3 N–H and O–H groups in total. The largest absolute Gasteiger partial charge is 0.396 e. The lowest BCUT2D eigenvalue weighted by atomic mass is 9.55. The fourth-order valence-corrected chi connectivity index (χ4v) is 10.8. The third-order valence-electron chi connectivity index (χ3n) is 12.8. The van der Waals surface area contributed by atoms with Gasteiger partial charge in [0.1, 0.15) is 5.78 Å². The molecule has 5 aliphatic rings. The maximum atomic E-state index is 14.7. The summed E-state index contributed by atoms with van der Waals surface area (Å²) in [5.41, 5.74) is 4.85. The summed E-state index contributed by atoms with van der Waals surface area (Å²) in [5.74, 6) is -2.00. The van der Waals surface area contributed by atoms with Crippen molar-refractivity contribution < 1.29 is 24.9 Å². The molecule has 3 fully saturated rings. The van der Waals surface area contributed by atoms with Crippen molar-refractivity contribution in [3.8, 4) is 0 Å². The minimum absolute atomic E-state index is 0.0209. The van der Waals surface area contributed by atoms with Gasteiger partial charge < -0.3 is 20.1 Å². The van der Waals surface area contributed by atoms with Crippen molar-refractivity contribution in [2.24, 2.45) is 28.6 Å². The van der Waals surface area contributed by atoms with E-state index in [0.29, 0.717) is 25.2 Å². The van der Waals surface area contributed by atoms with Crippen molar-refractivity contribution in [1.82, 2.24) is 0 Å². The highest BCUT2D eigenvalue weighted by Gasteiger charge is 2.80. The molecule has 3 aromatic rings. The summed E-state index contributed by atoms with van der Waals surface area (Å²) in [6.45, 7) is 6.46. The van der Waals surface area contributed by atoms with Gasteiger partial charge in [-0.15, -0.1) is 0 Å². The Kier molecular flexibility index (Phi) is 6.02. The normalized spacial score (nSPS) is 39.7. The number of aliphatic hydroxyl groups is 3. The molecule has 0 aliphatic heterocycles. The van der Waals surface area contributed by atoms with E-state index >= 15 is 0 Å². The van der Waals surface area contributed by atoms with E-state index in [0.717, 1.165) is 41.3 Å². The monoisotopic (exact) mass is 578 g/mol. The number of Topliss-reactive ketones (excluding diaryl/α,β-unsaturated/α-hetero) is 1. The van der Waals surface area contributed by atoms with Gasteiger partial charge in [-0.2, -0.15) is 0 Å². The highest BCUT2D eigenvalue weighted by molar-refractivity contribution is 5.90. The standard InChI is InChI=1S/C38H42O5/c1-21-34-29(20-39)19-37(38(34,42)43-3)32(40)12-8-22-5-4-6-25(13-22)30-11-10-26-16-28-15-24-9-7-23(18-36(21,37)2)14-27(24)17-31(28)33(30)35(26)41/h4-7,9,13-15,17,26,29-30,33-35,39,41-42H,1,8,10-12,16,18-20H2,2-3H3/t26-,29+,30+,33-,34-,35-,36+,37-,38+/m0/s1. The molecule has 3 saturated carbocycles. The van der Waals surface area contributed by atoms with Crippen molar-refractivity contribution in [2.45, 2.75) is 75.6 Å². The SMILES string of the molecule is C=C1[C@H]2[C@@H](CO)C[C@@]3(C(=O)CCc4cccc(c4)[C@H]4CC[C@H]5Cc6cc7ccc(cc7cc6[C@H]4[C@H]5O)C[C@]13C)[C@]2(O)OC. The number of aryl methyl sites for hydroxylation is 1. The van der Waals surface area contributed by atoms with Crippen LogP contribution in [0.15, 0.2) is 66.7 Å². The van der Waals surface area contributed by atoms with Crippen molar-refractivity contribution in [3.05, 3.63) is 94.6 Å². The Hall–Kier alpha value is -2.83. The molecule has 0 heterocycles. The van der Waals surface area contributed by atoms with Crippen molar-refractivity contribution in [3.63, 3.8) is 0 Å². The van der Waals surface area contributed by atoms with Gasteiger partial charge in [0.2, 0.25) is 0 Å². The van der Waals surface area contributed by atoms with Crippen LogP contribution in [0.25, 0.3) is 10.8 Å². The lowest BCUT2D eigenvalue weighted by Crippen LogP contribution is -2.56. The minimum Gasteiger partial charge on any atom is -0.396 e. The van der Waals surface area contributed by atoms with Crippen LogP contribution in [0.2, 0.25) is 0 Å². The molecular weight excluding hydrogens is 536 g/mol. The fraction of sp³-hybridized carbons (Fsp3) is 0.500. The summed E-state index contributed by atoms with van der Waals surface area (Å²) < 4.78 is 5.94. The highest BCUT2D eigenvalue weighted by atomic mass is 16.6. The van der Waals surface area contributed by atoms with Gasteiger partial charge in [0, 0.05) is 37.4 Å². The van der Waals surface area contributed by atoms with Gasteiger partial charge in [0.15, 0.2) is 5.79 Å². The number of aliphatic hydroxyl groups excluding tert-OH is 2. The molecule has 9 atom stereocenters. The number of benzene rings is 3. The van der Waals surface area contributed by atoms with Crippen molar-refractivity contribution in [1.29, 1.82) is 0 Å². The summed E-state index contributed by atoms with van der Waals surface area (Å²) in [6.07, 6.45) is 4.34. The number of ether oxygens (including phenoxy) is 1. The first-order valence-corrected chi connectivity index (χ1v) is 16.1. The molecule has 1 spiro atoms. The number of fused-ring (bicyclic) bond motifs is 6. The molecule has 224 valence electrons. The summed E-state index contributed by atoms with van der Waals surface area (Å²) in [5, 5.41) is 36.6. The Labute approximate surface area is 253 Å². The Morgan fingerprint density at radius 2 is 1.86 bits per heavy atom. The summed E-state index contributed by atoms with van der Waals surface area (Å²) in [7, 11) is 1.49. The molecule has 0 unspecified atom stereocenters. The molecule has 0 amide bonds. The van der Waals surface area contributed by atoms with E-state index in [-0.39, 0.29) is 42.7 Å². The molecule has 5 aliphatic carbocycles. The third-order valence-corrected chi connectivity index (χ3v) is 12.8. The maximum Gasteiger partial charge on any atom is 0.185 e. The second-order valence-electron chi connectivity index (χ2n) is 14.5. The van der Waals surface area contributed by atoms with Crippen LogP contribution in [0.5, 0.6) is 0 Å². The summed E-state index contributed by atoms with van der Waals surface area (Å²) in [6, 6.07) is 19.8. The number of hydrogen-bond donors (Lipinski definition) is 3. The van der Waals surface area contributed by atoms with Crippen LogP contribution < -0.4 is 0 Å². The number of hydrogen-bond acceptors (Lipinski definition) is 5. The topological polar surface area (TPSA) is 87.0 Å². The molecule has 43 heavy (non-hydrogen) atoms. The van der Waals surface area contributed by atoms with Crippen LogP contribution in [0, 0.1) is 28.6 Å². The minimum atomic E-state index is -1.73. The van der Waals surface area contributed by atoms with E-state index in [1.165, 1.54) is 29.2 Å². The second-order valence-corrected chi connectivity index (χ2v) is 14.5. The zero-order valence-electron chi connectivity index (χ0n) is 25.2. The van der Waals surface area contributed by atoms with Crippen LogP contribution >= 0.6 is 0 Å². The smallest absolute Gasteiger partial charge is 0.185 e. The first kappa shape index (κ1) is 27.7. The fourth-order valence-electron chi connectivity index (χ4n) is 10.8. The van der Waals surface area contributed by atoms with Crippen molar-refractivity contribution in [2.75, 3.05) is 13.7 Å². The number of carbonyl (C=O) groups excluding carboxylic acids is 1. The Morgan fingerprint density at radius 1 is 1.02 bits per heavy atom. The predicted octanol–water partition coefficient (Wildman–Crippen LogP) is 5.62. The molecule has 0 aromatic heterocycles. The van der Waals surface area contributed by atoms with Crippen molar-refractivity contribution >= 4 is 16.6 Å². The van der Waals surface area contributed by atoms with Crippen LogP contribution in [0.4, 0.5) is 0 Å². The molecule has 9 bridgehead atoms. The van der Waals surface area contributed by atoms with E-state index in [9.17, 15) is 20.1 Å². The molecule has 8 rings (SSSR count). The van der Waals surface area contributed by atoms with Gasteiger partial charge in [0.05, 0.1) is 11.5 Å². The van der Waals surface area contributed by atoms with Crippen LogP contribution in [-0.2, 0) is 28.8 Å². The number of rotatable bonds is 2. The molecule has 3 aromatic carbocycles. The first-order chi connectivity index (χ1) is 20.6. The second kappa shape index (κ2) is 9.34. The quantitative estimate of drug-likeness (QED) is 0.272. The lowest BCUT2D eigenvalue weighted by molar-refractivity contribution is -0.254. The van der Waals surface area contributed by atoms with Gasteiger partial charge in [-0.25, -0.2) is 0 Å². The average molecular weight is 579 g/mol. The molecule has 0 radical (unpaired) electrons. The average Bonchev–Trinajstić information content (AvgIpc) is 3.35. The molecule has 0 saturated heterocycles. The van der Waals surface area contributed by atoms with E-state index in [1.807, 2.05) is 0 Å². The van der Waals surface area contributed by atoms with E-state index in [2.05, 4.69) is 68.1 Å². The Bertz CT molecular complexity index is 1680. The van der Waals surface area contributed by atoms with E-state index in [4.69, 9.17) is 4.74 Å². The number of carbonyl (C=O) groups is 1. The Balaban J connectivity index is 1.35. The zero-order valence-corrected chi connectivity index (χ0v) is 25.2. The maximum absolute atomic E-state index is 14.7. The van der Waals surface area contributed by atoms with Crippen LogP contribution in [0.1, 0.15) is 72.3 Å². The van der Waals surface area contributed by atoms with Gasteiger partial charge in [-0.3, -0.25) is 4.79 Å². The van der Waals surface area contributed by atoms with Crippen LogP contribution in [-0.4, -0.2) is 46.7 Å². The lowest BCUT2D eigenvalue weighted by Gasteiger charge is -2.48. The molecular formula is C38H42O5. The van der Waals surface area contributed by atoms with Crippen LogP contribution in [0.3, 0.4) is 0 Å². The predicted molar refractivity (Wildman–Crippen MR) is 166 cm³/mol. The molecule has 5 heteroatoms. The molecule has 5 nitrogen and oxygen atoms in total.